The van der Waals surface area contributed by atoms with Crippen LogP contribution < -0.4 is 16.1 Å². The van der Waals surface area contributed by atoms with Gasteiger partial charge in [-0.05, 0) is 17.7 Å². The van der Waals surface area contributed by atoms with Crippen LogP contribution in [0, 0.1) is 0 Å². The van der Waals surface area contributed by atoms with Crippen LogP contribution in [0.3, 0.4) is 0 Å². The second-order valence-electron chi connectivity index (χ2n) is 7.20. The minimum atomic E-state index is -0.746. The number of allylic oxidation sites excluding steroid dienone is 1. The van der Waals surface area contributed by atoms with E-state index in [9.17, 15) is 19.5 Å². The summed E-state index contributed by atoms with van der Waals surface area (Å²) in [6.07, 6.45) is 1.90. The van der Waals surface area contributed by atoms with Gasteiger partial charge in [0.25, 0.3) is 5.56 Å². The van der Waals surface area contributed by atoms with Crippen molar-refractivity contribution in [1.82, 2.24) is 14.6 Å². The van der Waals surface area contributed by atoms with Gasteiger partial charge in [-0.1, -0.05) is 25.1 Å². The van der Waals surface area contributed by atoms with Gasteiger partial charge < -0.3 is 10.0 Å². The Kier molecular flexibility index (Phi) is 5.91. The molecule has 0 fully saturated rings. The molecule has 1 aromatic carbocycles. The topological polar surface area (TPSA) is 111 Å². The molecule has 0 unspecified atom stereocenters. The van der Waals surface area contributed by atoms with Gasteiger partial charge in [0.2, 0.25) is 11.8 Å². The standard InChI is InChI=1S/C21H25N5O4/c1-5-11-25-20(29)18(19(28)22-21(25)30)15-12-16(26(23-15)17(27)6-2)13-7-9-14(10-8-13)24(3)4/h5,7-10,16,29H,1,6,11-12H2,2-4H3,(H,22,28,30)/t16-/m1/s1. The van der Waals surface area contributed by atoms with Gasteiger partial charge in [-0.2, -0.15) is 5.10 Å². The molecule has 0 saturated heterocycles. The lowest BCUT2D eigenvalue weighted by atomic mass is 9.98. The third kappa shape index (κ3) is 3.78. The molecule has 9 heteroatoms. The van der Waals surface area contributed by atoms with Gasteiger partial charge in [0.1, 0.15) is 5.56 Å². The molecule has 2 aromatic rings. The maximum atomic E-state index is 12.5. The van der Waals surface area contributed by atoms with Crippen LogP contribution in [-0.2, 0) is 11.3 Å². The highest BCUT2D eigenvalue weighted by Crippen LogP contribution is 2.34. The van der Waals surface area contributed by atoms with Crippen molar-refractivity contribution in [1.29, 1.82) is 0 Å². The Hall–Kier alpha value is -3.62. The first-order valence-electron chi connectivity index (χ1n) is 9.62. The SMILES string of the molecule is C=CCn1c(O)c(C2=NN(C(=O)CC)[C@@H](c3ccc(N(C)C)cc3)C2)c(=O)[nH]c1=O. The lowest BCUT2D eigenvalue weighted by Gasteiger charge is -2.22. The van der Waals surface area contributed by atoms with Crippen LogP contribution in [0.2, 0.25) is 0 Å². The zero-order valence-corrected chi connectivity index (χ0v) is 17.3. The number of benzene rings is 1. The Morgan fingerprint density at radius 3 is 2.57 bits per heavy atom. The smallest absolute Gasteiger partial charge is 0.331 e. The second kappa shape index (κ2) is 8.40. The number of hydrogen-bond acceptors (Lipinski definition) is 6. The number of hydrogen-bond donors (Lipinski definition) is 2. The van der Waals surface area contributed by atoms with E-state index in [-0.39, 0.29) is 36.6 Å². The van der Waals surface area contributed by atoms with Crippen LogP contribution in [-0.4, -0.2) is 45.4 Å². The summed E-state index contributed by atoms with van der Waals surface area (Å²) in [5.74, 6) is -0.697. The number of nitrogens with zero attached hydrogens (tertiary/aromatic N) is 4. The van der Waals surface area contributed by atoms with Gasteiger partial charge in [-0.3, -0.25) is 19.1 Å². The zero-order valence-electron chi connectivity index (χ0n) is 17.3. The van der Waals surface area contributed by atoms with Crippen LogP contribution in [0.1, 0.15) is 36.9 Å². The number of anilines is 1. The van der Waals surface area contributed by atoms with Crippen molar-refractivity contribution in [3.05, 3.63) is 68.9 Å². The summed E-state index contributed by atoms with van der Waals surface area (Å²) in [5.41, 5.74) is 0.516. The lowest BCUT2D eigenvalue weighted by molar-refractivity contribution is -0.132. The number of amides is 1. The number of nitrogens with one attached hydrogen (secondary N) is 1. The number of carbonyl (C=O) groups is 1. The Morgan fingerprint density at radius 2 is 2.00 bits per heavy atom. The van der Waals surface area contributed by atoms with E-state index in [0.717, 1.165) is 15.8 Å². The predicted octanol–water partition coefficient (Wildman–Crippen LogP) is 1.58. The molecule has 0 saturated carbocycles. The van der Waals surface area contributed by atoms with E-state index in [1.807, 2.05) is 43.3 Å². The Morgan fingerprint density at radius 1 is 1.33 bits per heavy atom. The fourth-order valence-corrected chi connectivity index (χ4v) is 3.43. The highest BCUT2D eigenvalue weighted by molar-refractivity contribution is 6.04. The number of rotatable bonds is 6. The molecule has 0 bridgehead atoms. The molecule has 2 heterocycles. The molecule has 1 aliphatic rings. The third-order valence-electron chi connectivity index (χ3n) is 5.03. The Labute approximate surface area is 173 Å². The summed E-state index contributed by atoms with van der Waals surface area (Å²) >= 11 is 0. The molecule has 3 rings (SSSR count). The van der Waals surface area contributed by atoms with Crippen molar-refractivity contribution in [2.45, 2.75) is 32.4 Å². The monoisotopic (exact) mass is 411 g/mol. The minimum absolute atomic E-state index is 0.0226. The van der Waals surface area contributed by atoms with Crippen LogP contribution in [0.5, 0.6) is 5.88 Å². The maximum absolute atomic E-state index is 12.5. The largest absolute Gasteiger partial charge is 0.494 e. The van der Waals surface area contributed by atoms with Crippen LogP contribution in [0.25, 0.3) is 0 Å². The predicted molar refractivity (Wildman–Crippen MR) is 115 cm³/mol. The van der Waals surface area contributed by atoms with Crippen molar-refractivity contribution in [3.63, 3.8) is 0 Å². The number of H-pyrrole nitrogens is 1. The van der Waals surface area contributed by atoms with Crippen molar-refractivity contribution in [3.8, 4) is 5.88 Å². The van der Waals surface area contributed by atoms with E-state index in [4.69, 9.17) is 0 Å². The van der Waals surface area contributed by atoms with Crippen LogP contribution in [0.15, 0.2) is 51.6 Å². The lowest BCUT2D eigenvalue weighted by Crippen LogP contribution is -2.33. The molecule has 1 atom stereocenters. The Bertz CT molecular complexity index is 1110. The molecule has 0 spiro atoms. The highest BCUT2D eigenvalue weighted by atomic mass is 16.3. The molecular weight excluding hydrogens is 386 g/mol. The summed E-state index contributed by atoms with van der Waals surface area (Å²) in [7, 11) is 3.87. The number of hydrazone groups is 1. The van der Waals surface area contributed by atoms with Gasteiger partial charge in [-0.15, -0.1) is 6.58 Å². The molecule has 0 aliphatic carbocycles. The highest BCUT2D eigenvalue weighted by Gasteiger charge is 2.35. The van der Waals surface area contributed by atoms with Gasteiger partial charge >= 0.3 is 5.69 Å². The number of aromatic nitrogens is 2. The van der Waals surface area contributed by atoms with E-state index in [1.165, 1.54) is 11.1 Å². The summed E-state index contributed by atoms with van der Waals surface area (Å²) in [6.45, 7) is 5.31. The molecule has 1 amide bonds. The first kappa shape index (κ1) is 21.1. The molecule has 1 aliphatic heterocycles. The molecule has 2 N–H and O–H groups in total. The molecule has 158 valence electrons. The fraction of sp³-hybridized carbons (Fsp3) is 0.333. The average Bonchev–Trinajstić information content (AvgIpc) is 3.15. The fourth-order valence-electron chi connectivity index (χ4n) is 3.43. The summed E-state index contributed by atoms with van der Waals surface area (Å²) in [6, 6.07) is 7.29. The maximum Gasteiger partial charge on any atom is 0.331 e. The summed E-state index contributed by atoms with van der Waals surface area (Å²) in [4.78, 5) is 41.2. The normalized spacial score (nSPS) is 15.8. The average molecular weight is 411 g/mol. The first-order valence-corrected chi connectivity index (χ1v) is 9.62. The summed E-state index contributed by atoms with van der Waals surface area (Å²) in [5, 5.41) is 16.3. The van der Waals surface area contributed by atoms with E-state index in [2.05, 4.69) is 16.7 Å². The van der Waals surface area contributed by atoms with Crippen LogP contribution in [0.4, 0.5) is 5.69 Å². The van der Waals surface area contributed by atoms with Crippen molar-refractivity contribution < 1.29 is 9.90 Å². The molecule has 0 radical (unpaired) electrons. The van der Waals surface area contributed by atoms with Gasteiger partial charge in [0, 0.05) is 39.2 Å². The first-order chi connectivity index (χ1) is 14.3. The second-order valence-corrected chi connectivity index (χ2v) is 7.20. The number of aromatic amines is 1. The molecule has 1 aromatic heterocycles. The number of carbonyl (C=O) groups excluding carboxylic acids is 1. The quantitative estimate of drug-likeness (QED) is 0.701. The number of aromatic hydroxyl groups is 1. The van der Waals surface area contributed by atoms with Crippen molar-refractivity contribution in [2.24, 2.45) is 5.10 Å². The van der Waals surface area contributed by atoms with Gasteiger partial charge in [0.15, 0.2) is 0 Å². The summed E-state index contributed by atoms with van der Waals surface area (Å²) < 4.78 is 0.997. The molecule has 30 heavy (non-hydrogen) atoms. The van der Waals surface area contributed by atoms with E-state index in [0.29, 0.717) is 0 Å². The molecule has 9 nitrogen and oxygen atoms in total. The van der Waals surface area contributed by atoms with Crippen molar-refractivity contribution >= 4 is 17.3 Å². The Balaban J connectivity index is 2.07. The van der Waals surface area contributed by atoms with Gasteiger partial charge in [-0.25, -0.2) is 9.80 Å². The van der Waals surface area contributed by atoms with Crippen LogP contribution >= 0.6 is 0 Å². The van der Waals surface area contributed by atoms with E-state index in [1.54, 1.807) is 6.92 Å². The zero-order chi connectivity index (χ0) is 22.0. The van der Waals surface area contributed by atoms with E-state index >= 15 is 0 Å². The third-order valence-corrected chi connectivity index (χ3v) is 5.03. The van der Waals surface area contributed by atoms with Crippen molar-refractivity contribution in [2.75, 3.05) is 19.0 Å². The van der Waals surface area contributed by atoms with Gasteiger partial charge in [0.05, 0.1) is 11.8 Å². The minimum Gasteiger partial charge on any atom is -0.494 e. The molecular formula is C21H25N5O4. The van der Waals surface area contributed by atoms with E-state index < -0.39 is 23.2 Å².